The standard InChI is InChI=1S/C10H16O4/c1-4-6-9(3)10(11)14-13-8-7-12-5-2/h5-6H,2,4,7-8H2,1,3H3. The van der Waals surface area contributed by atoms with E-state index in [4.69, 9.17) is 4.74 Å². The lowest BCUT2D eigenvalue weighted by Gasteiger charge is -2.03. The summed E-state index contributed by atoms with van der Waals surface area (Å²) in [7, 11) is 0. The fourth-order valence-electron chi connectivity index (χ4n) is 0.716. The Morgan fingerprint density at radius 1 is 1.43 bits per heavy atom. The summed E-state index contributed by atoms with van der Waals surface area (Å²) in [5, 5.41) is 0. The van der Waals surface area contributed by atoms with Gasteiger partial charge in [-0.25, -0.2) is 4.79 Å². The second-order valence-corrected chi connectivity index (χ2v) is 2.53. The first kappa shape index (κ1) is 12.7. The van der Waals surface area contributed by atoms with Crippen LogP contribution in [0.15, 0.2) is 24.5 Å². The molecule has 0 fully saturated rings. The zero-order valence-electron chi connectivity index (χ0n) is 8.62. The van der Waals surface area contributed by atoms with Crippen LogP contribution in [0.3, 0.4) is 0 Å². The van der Waals surface area contributed by atoms with Gasteiger partial charge in [0.15, 0.2) is 0 Å². The zero-order valence-corrected chi connectivity index (χ0v) is 8.62. The van der Waals surface area contributed by atoms with Crippen molar-refractivity contribution in [2.45, 2.75) is 20.3 Å². The van der Waals surface area contributed by atoms with E-state index in [9.17, 15) is 4.79 Å². The minimum Gasteiger partial charge on any atom is -0.499 e. The molecule has 80 valence electrons. The summed E-state index contributed by atoms with van der Waals surface area (Å²) >= 11 is 0. The topological polar surface area (TPSA) is 44.8 Å². The molecule has 0 saturated heterocycles. The molecule has 0 aromatic rings. The fourth-order valence-corrected chi connectivity index (χ4v) is 0.716. The third kappa shape index (κ3) is 6.25. The highest BCUT2D eigenvalue weighted by molar-refractivity contribution is 5.87. The molecule has 0 spiro atoms. The van der Waals surface area contributed by atoms with Crippen LogP contribution in [0.25, 0.3) is 0 Å². The molecule has 0 aliphatic carbocycles. The number of carbonyl (C=O) groups excluding carboxylic acids is 1. The van der Waals surface area contributed by atoms with Gasteiger partial charge >= 0.3 is 5.97 Å². The van der Waals surface area contributed by atoms with E-state index < -0.39 is 5.97 Å². The van der Waals surface area contributed by atoms with Gasteiger partial charge in [0.2, 0.25) is 0 Å². The van der Waals surface area contributed by atoms with Crippen LogP contribution in [0.5, 0.6) is 0 Å². The van der Waals surface area contributed by atoms with Gasteiger partial charge in [-0.1, -0.05) is 19.6 Å². The van der Waals surface area contributed by atoms with Gasteiger partial charge in [-0.2, -0.15) is 4.89 Å². The van der Waals surface area contributed by atoms with Gasteiger partial charge < -0.3 is 4.74 Å². The third-order valence-electron chi connectivity index (χ3n) is 1.37. The highest BCUT2D eigenvalue weighted by Gasteiger charge is 2.05. The molecule has 0 aromatic heterocycles. The van der Waals surface area contributed by atoms with Crippen molar-refractivity contribution in [2.24, 2.45) is 0 Å². The van der Waals surface area contributed by atoms with Crippen LogP contribution in [-0.2, 0) is 19.3 Å². The summed E-state index contributed by atoms with van der Waals surface area (Å²) in [4.78, 5) is 20.2. The minimum atomic E-state index is -0.467. The van der Waals surface area contributed by atoms with Gasteiger partial charge in [0.25, 0.3) is 0 Å². The Morgan fingerprint density at radius 2 is 2.14 bits per heavy atom. The van der Waals surface area contributed by atoms with Crippen molar-refractivity contribution in [3.05, 3.63) is 24.5 Å². The molecule has 0 N–H and O–H groups in total. The second-order valence-electron chi connectivity index (χ2n) is 2.53. The molecule has 4 nitrogen and oxygen atoms in total. The molecule has 0 unspecified atom stereocenters. The van der Waals surface area contributed by atoms with Crippen LogP contribution < -0.4 is 0 Å². The summed E-state index contributed by atoms with van der Waals surface area (Å²) in [6.07, 6.45) is 3.86. The third-order valence-corrected chi connectivity index (χ3v) is 1.37. The van der Waals surface area contributed by atoms with Crippen molar-refractivity contribution in [2.75, 3.05) is 13.2 Å². The van der Waals surface area contributed by atoms with Crippen molar-refractivity contribution in [3.63, 3.8) is 0 Å². The lowest BCUT2D eigenvalue weighted by atomic mass is 10.2. The highest BCUT2D eigenvalue weighted by Crippen LogP contribution is 1.98. The number of rotatable bonds is 7. The summed E-state index contributed by atoms with van der Waals surface area (Å²) in [6.45, 7) is 7.47. The summed E-state index contributed by atoms with van der Waals surface area (Å²) in [5.41, 5.74) is 0.539. The van der Waals surface area contributed by atoms with Gasteiger partial charge in [-0.15, -0.1) is 0 Å². The molecule has 0 aliphatic heterocycles. The number of hydrogen-bond acceptors (Lipinski definition) is 4. The average Bonchev–Trinajstić information content (AvgIpc) is 2.17. The van der Waals surface area contributed by atoms with Crippen molar-refractivity contribution in [1.82, 2.24) is 0 Å². The minimum absolute atomic E-state index is 0.192. The van der Waals surface area contributed by atoms with E-state index in [0.717, 1.165) is 6.42 Å². The van der Waals surface area contributed by atoms with Gasteiger partial charge in [-0.05, 0) is 13.3 Å². The van der Waals surface area contributed by atoms with E-state index in [1.165, 1.54) is 6.26 Å². The Kier molecular flexibility index (Phi) is 7.55. The molecule has 0 heterocycles. The molecule has 0 radical (unpaired) electrons. The smallest absolute Gasteiger partial charge is 0.368 e. The Labute approximate surface area is 84.1 Å². The average molecular weight is 200 g/mol. The van der Waals surface area contributed by atoms with Crippen molar-refractivity contribution in [3.8, 4) is 0 Å². The van der Waals surface area contributed by atoms with Crippen molar-refractivity contribution in [1.29, 1.82) is 0 Å². The Morgan fingerprint density at radius 3 is 2.71 bits per heavy atom. The second kappa shape index (κ2) is 8.31. The van der Waals surface area contributed by atoms with E-state index in [1.54, 1.807) is 13.0 Å². The molecule has 0 rings (SSSR count). The summed E-state index contributed by atoms with van der Waals surface area (Å²) in [6, 6.07) is 0. The van der Waals surface area contributed by atoms with Gasteiger partial charge in [0.1, 0.15) is 13.2 Å². The van der Waals surface area contributed by atoms with E-state index in [2.05, 4.69) is 16.4 Å². The molecule has 0 aliphatic rings. The molecule has 0 aromatic carbocycles. The number of allylic oxidation sites excluding steroid dienone is 1. The first-order valence-corrected chi connectivity index (χ1v) is 4.45. The van der Waals surface area contributed by atoms with Crippen molar-refractivity contribution >= 4 is 5.97 Å². The van der Waals surface area contributed by atoms with Crippen LogP contribution in [0, 0.1) is 0 Å². The van der Waals surface area contributed by atoms with Crippen LogP contribution in [0.4, 0.5) is 0 Å². The fraction of sp³-hybridized carbons (Fsp3) is 0.500. The predicted octanol–water partition coefficient (Wildman–Crippen LogP) is 1.98. The lowest BCUT2D eigenvalue weighted by Crippen LogP contribution is -2.09. The normalized spacial score (nSPS) is 10.9. The zero-order chi connectivity index (χ0) is 10.8. The molecular weight excluding hydrogens is 184 g/mol. The SMILES string of the molecule is C=COCCOOC(=O)C(C)=CCC. The molecule has 0 bridgehead atoms. The molecule has 0 saturated carbocycles. The van der Waals surface area contributed by atoms with E-state index in [0.29, 0.717) is 12.2 Å². The van der Waals surface area contributed by atoms with Crippen LogP contribution >= 0.6 is 0 Å². The quantitative estimate of drug-likeness (QED) is 0.207. The first-order chi connectivity index (χ1) is 6.72. The maximum atomic E-state index is 11.1. The van der Waals surface area contributed by atoms with E-state index in [1.807, 2.05) is 6.92 Å². The van der Waals surface area contributed by atoms with Crippen LogP contribution in [0.2, 0.25) is 0 Å². The molecule has 4 heteroatoms. The highest BCUT2D eigenvalue weighted by atomic mass is 17.2. The Hall–Kier alpha value is -1.29. The largest absolute Gasteiger partial charge is 0.499 e. The number of hydrogen-bond donors (Lipinski definition) is 0. The first-order valence-electron chi connectivity index (χ1n) is 4.45. The maximum Gasteiger partial charge on any atom is 0.368 e. The summed E-state index contributed by atoms with van der Waals surface area (Å²) < 4.78 is 4.76. The van der Waals surface area contributed by atoms with E-state index in [-0.39, 0.29) is 6.61 Å². The van der Waals surface area contributed by atoms with Crippen LogP contribution in [0.1, 0.15) is 20.3 Å². The van der Waals surface area contributed by atoms with Gasteiger partial charge in [0.05, 0.1) is 6.26 Å². The Balaban J connectivity index is 3.53. The van der Waals surface area contributed by atoms with Gasteiger partial charge in [-0.3, -0.25) is 4.89 Å². The van der Waals surface area contributed by atoms with Crippen LogP contribution in [-0.4, -0.2) is 19.2 Å². The Bertz CT molecular complexity index is 208. The monoisotopic (exact) mass is 200 g/mol. The summed E-state index contributed by atoms with van der Waals surface area (Å²) in [5.74, 6) is -0.467. The number of carbonyl (C=O) groups is 1. The number of ether oxygens (including phenoxy) is 1. The maximum absolute atomic E-state index is 11.1. The van der Waals surface area contributed by atoms with E-state index >= 15 is 0 Å². The molecular formula is C10H16O4. The molecule has 0 atom stereocenters. The van der Waals surface area contributed by atoms with Crippen molar-refractivity contribution < 1.29 is 19.3 Å². The molecule has 0 amide bonds. The van der Waals surface area contributed by atoms with Gasteiger partial charge in [0, 0.05) is 5.57 Å². The lowest BCUT2D eigenvalue weighted by molar-refractivity contribution is -0.271. The molecule has 14 heavy (non-hydrogen) atoms. The predicted molar refractivity (Wildman–Crippen MR) is 52.2 cm³/mol.